The largest absolute Gasteiger partial charge is 0.494 e. The molecule has 1 atom stereocenters. The first-order valence-corrected chi connectivity index (χ1v) is 9.22. The van der Waals surface area contributed by atoms with Crippen molar-refractivity contribution in [3.8, 4) is 5.75 Å². The second-order valence-corrected chi connectivity index (χ2v) is 6.80. The lowest BCUT2D eigenvalue weighted by Crippen LogP contribution is -2.49. The molecule has 0 fully saturated rings. The summed E-state index contributed by atoms with van der Waals surface area (Å²) in [5.41, 5.74) is 3.32. The zero-order chi connectivity index (χ0) is 19.2. The van der Waals surface area contributed by atoms with Gasteiger partial charge in [0.15, 0.2) is 0 Å². The quantitative estimate of drug-likeness (QED) is 0.581. The molecule has 1 amide bonds. The van der Waals surface area contributed by atoms with Crippen LogP contribution in [-0.4, -0.2) is 36.5 Å². The molecular weight excluding hydrogens is 342 g/mol. The van der Waals surface area contributed by atoms with Crippen LogP contribution in [0.2, 0.25) is 0 Å². The van der Waals surface area contributed by atoms with Gasteiger partial charge in [-0.1, -0.05) is 36.4 Å². The highest BCUT2D eigenvalue weighted by atomic mass is 16.5. The molecule has 2 aromatic rings. The molecule has 1 unspecified atom stereocenters. The predicted octanol–water partition coefficient (Wildman–Crippen LogP) is 3.28. The number of carbonyl (C=O) groups is 2. The van der Waals surface area contributed by atoms with Gasteiger partial charge < -0.3 is 14.4 Å². The van der Waals surface area contributed by atoms with Gasteiger partial charge in [0.05, 0.1) is 13.7 Å². The fourth-order valence-corrected chi connectivity index (χ4v) is 3.39. The summed E-state index contributed by atoms with van der Waals surface area (Å²) in [6.45, 7) is 2.91. The second-order valence-electron chi connectivity index (χ2n) is 6.80. The number of ether oxygens (including phenoxy) is 2. The van der Waals surface area contributed by atoms with E-state index < -0.39 is 6.04 Å². The van der Waals surface area contributed by atoms with E-state index in [1.165, 1.54) is 7.11 Å². The standard InChI is InChI=1S/C22H25NO4/c1-16-7-5-10-19(13-16)27-12-6-11-21(24)23-15-18-9-4-3-8-17(18)14-20(23)22(25)26-2/h3-5,7-10,13,20H,6,11-12,14-15H2,1-2H3. The van der Waals surface area contributed by atoms with Crippen molar-refractivity contribution >= 4 is 11.9 Å². The van der Waals surface area contributed by atoms with Crippen LogP contribution in [-0.2, 0) is 27.3 Å². The highest BCUT2D eigenvalue weighted by molar-refractivity contribution is 5.85. The van der Waals surface area contributed by atoms with E-state index in [9.17, 15) is 9.59 Å². The molecule has 0 saturated carbocycles. The summed E-state index contributed by atoms with van der Waals surface area (Å²) in [6.07, 6.45) is 1.43. The number of esters is 1. The number of fused-ring (bicyclic) bond motifs is 1. The first-order valence-electron chi connectivity index (χ1n) is 9.22. The van der Waals surface area contributed by atoms with Gasteiger partial charge in [-0.25, -0.2) is 4.79 Å². The van der Waals surface area contributed by atoms with Crippen molar-refractivity contribution in [3.05, 3.63) is 65.2 Å². The predicted molar refractivity (Wildman–Crippen MR) is 102 cm³/mol. The molecule has 27 heavy (non-hydrogen) atoms. The van der Waals surface area contributed by atoms with Crippen LogP contribution in [0.3, 0.4) is 0 Å². The molecule has 3 rings (SSSR count). The van der Waals surface area contributed by atoms with Crippen molar-refractivity contribution in [2.24, 2.45) is 0 Å². The van der Waals surface area contributed by atoms with Gasteiger partial charge in [0.25, 0.3) is 0 Å². The van der Waals surface area contributed by atoms with Crippen LogP contribution in [0.4, 0.5) is 0 Å². The van der Waals surface area contributed by atoms with Crippen LogP contribution in [0.25, 0.3) is 0 Å². The van der Waals surface area contributed by atoms with E-state index in [0.29, 0.717) is 32.4 Å². The number of carbonyl (C=O) groups excluding carboxylic acids is 2. The Morgan fingerprint density at radius 1 is 1.11 bits per heavy atom. The van der Waals surface area contributed by atoms with Crippen LogP contribution in [0.15, 0.2) is 48.5 Å². The highest BCUT2D eigenvalue weighted by Crippen LogP contribution is 2.25. The number of nitrogens with zero attached hydrogens (tertiary/aromatic N) is 1. The van der Waals surface area contributed by atoms with E-state index >= 15 is 0 Å². The average Bonchev–Trinajstić information content (AvgIpc) is 2.69. The molecule has 142 valence electrons. The number of amides is 1. The van der Waals surface area contributed by atoms with E-state index in [1.54, 1.807) is 4.90 Å². The van der Waals surface area contributed by atoms with E-state index in [2.05, 4.69) is 0 Å². The molecule has 5 nitrogen and oxygen atoms in total. The summed E-state index contributed by atoms with van der Waals surface area (Å²) >= 11 is 0. The summed E-state index contributed by atoms with van der Waals surface area (Å²) in [6, 6.07) is 15.2. The van der Waals surface area contributed by atoms with Crippen LogP contribution >= 0.6 is 0 Å². The van der Waals surface area contributed by atoms with Crippen molar-refractivity contribution in [1.29, 1.82) is 0 Å². The number of benzene rings is 2. The molecule has 0 bridgehead atoms. The first-order chi connectivity index (χ1) is 13.1. The Kier molecular flexibility index (Phi) is 6.12. The second kappa shape index (κ2) is 8.71. The van der Waals surface area contributed by atoms with Crippen LogP contribution in [0, 0.1) is 6.92 Å². The van der Waals surface area contributed by atoms with E-state index in [-0.39, 0.29) is 11.9 Å². The molecule has 0 aromatic heterocycles. The highest BCUT2D eigenvalue weighted by Gasteiger charge is 2.34. The van der Waals surface area contributed by atoms with Gasteiger partial charge in [0, 0.05) is 19.4 Å². The summed E-state index contributed by atoms with van der Waals surface area (Å²) < 4.78 is 10.6. The van der Waals surface area contributed by atoms with Gasteiger partial charge >= 0.3 is 5.97 Å². The van der Waals surface area contributed by atoms with Gasteiger partial charge in [-0.2, -0.15) is 0 Å². The minimum absolute atomic E-state index is 0.0484. The van der Waals surface area contributed by atoms with Gasteiger partial charge in [0.2, 0.25) is 5.91 Å². The molecule has 0 radical (unpaired) electrons. The van der Waals surface area contributed by atoms with Crippen molar-refractivity contribution in [3.63, 3.8) is 0 Å². The fraction of sp³-hybridized carbons (Fsp3) is 0.364. The third kappa shape index (κ3) is 4.67. The molecule has 0 spiro atoms. The van der Waals surface area contributed by atoms with E-state index in [4.69, 9.17) is 9.47 Å². The Hall–Kier alpha value is -2.82. The molecule has 0 aliphatic carbocycles. The van der Waals surface area contributed by atoms with Crippen molar-refractivity contribution < 1.29 is 19.1 Å². The SMILES string of the molecule is COC(=O)C1Cc2ccccc2CN1C(=O)CCCOc1cccc(C)c1. The van der Waals surface area contributed by atoms with Crippen LogP contribution < -0.4 is 4.74 Å². The number of rotatable bonds is 6. The summed E-state index contributed by atoms with van der Waals surface area (Å²) in [5, 5.41) is 0. The minimum atomic E-state index is -0.560. The Labute approximate surface area is 159 Å². The van der Waals surface area contributed by atoms with Crippen LogP contribution in [0.5, 0.6) is 5.75 Å². The lowest BCUT2D eigenvalue weighted by molar-refractivity contribution is -0.154. The maximum Gasteiger partial charge on any atom is 0.328 e. The third-order valence-corrected chi connectivity index (χ3v) is 4.84. The molecular formula is C22H25NO4. The summed E-state index contributed by atoms with van der Waals surface area (Å²) in [5.74, 6) is 0.392. The Morgan fingerprint density at radius 3 is 2.63 bits per heavy atom. The fourth-order valence-electron chi connectivity index (χ4n) is 3.39. The zero-order valence-corrected chi connectivity index (χ0v) is 15.8. The van der Waals surface area contributed by atoms with Gasteiger partial charge in [-0.05, 0) is 42.2 Å². The number of hydrogen-bond acceptors (Lipinski definition) is 4. The minimum Gasteiger partial charge on any atom is -0.494 e. The number of aryl methyl sites for hydroxylation is 1. The lowest BCUT2D eigenvalue weighted by atomic mass is 9.93. The number of hydrogen-bond donors (Lipinski definition) is 0. The molecule has 0 N–H and O–H groups in total. The Bertz CT molecular complexity index is 817. The zero-order valence-electron chi connectivity index (χ0n) is 15.8. The molecule has 1 aliphatic heterocycles. The number of methoxy groups -OCH3 is 1. The third-order valence-electron chi connectivity index (χ3n) is 4.84. The molecule has 2 aromatic carbocycles. The van der Waals surface area contributed by atoms with E-state index in [0.717, 1.165) is 22.4 Å². The van der Waals surface area contributed by atoms with Gasteiger partial charge in [-0.15, -0.1) is 0 Å². The Morgan fingerprint density at radius 2 is 1.89 bits per heavy atom. The summed E-state index contributed by atoms with van der Waals surface area (Å²) in [4.78, 5) is 26.6. The topological polar surface area (TPSA) is 55.8 Å². The van der Waals surface area contributed by atoms with Crippen molar-refractivity contribution in [2.45, 2.75) is 38.8 Å². The molecule has 0 saturated heterocycles. The normalized spacial score (nSPS) is 15.8. The molecule has 1 aliphatic rings. The first kappa shape index (κ1) is 19.0. The smallest absolute Gasteiger partial charge is 0.328 e. The molecule has 1 heterocycles. The maximum atomic E-state index is 12.8. The van der Waals surface area contributed by atoms with Gasteiger partial charge in [0.1, 0.15) is 11.8 Å². The Balaban J connectivity index is 1.59. The monoisotopic (exact) mass is 367 g/mol. The molecule has 5 heteroatoms. The van der Waals surface area contributed by atoms with Crippen molar-refractivity contribution in [2.75, 3.05) is 13.7 Å². The average molecular weight is 367 g/mol. The summed E-state index contributed by atoms with van der Waals surface area (Å²) in [7, 11) is 1.36. The lowest BCUT2D eigenvalue weighted by Gasteiger charge is -2.35. The van der Waals surface area contributed by atoms with Gasteiger partial charge in [-0.3, -0.25) is 4.79 Å². The van der Waals surface area contributed by atoms with E-state index in [1.807, 2.05) is 55.5 Å². The van der Waals surface area contributed by atoms with Crippen LogP contribution in [0.1, 0.15) is 29.5 Å². The maximum absolute atomic E-state index is 12.8. The van der Waals surface area contributed by atoms with Crippen molar-refractivity contribution in [1.82, 2.24) is 4.90 Å².